The van der Waals surface area contributed by atoms with Crippen molar-refractivity contribution in [2.45, 2.75) is 19.2 Å². The van der Waals surface area contributed by atoms with Gasteiger partial charge in [-0.2, -0.15) is 9.37 Å². The molecule has 3 aromatic rings. The molecule has 29 heavy (non-hydrogen) atoms. The van der Waals surface area contributed by atoms with Crippen molar-refractivity contribution in [3.05, 3.63) is 89.6 Å². The lowest BCUT2D eigenvalue weighted by atomic mass is 10.0. The van der Waals surface area contributed by atoms with Gasteiger partial charge in [-0.3, -0.25) is 0 Å². The number of halogens is 1. The fourth-order valence-electron chi connectivity index (χ4n) is 3.72. The summed E-state index contributed by atoms with van der Waals surface area (Å²) in [6, 6.07) is 16.1. The number of urea groups is 1. The van der Waals surface area contributed by atoms with E-state index in [1.165, 1.54) is 23.0 Å². The second kappa shape index (κ2) is 6.70. The third-order valence-corrected chi connectivity index (χ3v) is 5.02. The van der Waals surface area contributed by atoms with Crippen molar-refractivity contribution >= 4 is 17.6 Å². The summed E-state index contributed by atoms with van der Waals surface area (Å²) in [6.45, 7) is 0.107. The summed E-state index contributed by atoms with van der Waals surface area (Å²) in [6.07, 6.45) is 0.548. The van der Waals surface area contributed by atoms with Crippen LogP contribution in [0.1, 0.15) is 16.9 Å². The van der Waals surface area contributed by atoms with Crippen LogP contribution in [0, 0.1) is 5.82 Å². The van der Waals surface area contributed by atoms with Gasteiger partial charge in [0.15, 0.2) is 12.3 Å². The van der Waals surface area contributed by atoms with Crippen molar-refractivity contribution in [3.63, 3.8) is 0 Å². The van der Waals surface area contributed by atoms with E-state index in [9.17, 15) is 14.0 Å². The average molecular weight is 391 g/mol. The molecule has 1 unspecified atom stereocenters. The van der Waals surface area contributed by atoms with Crippen LogP contribution in [0.3, 0.4) is 0 Å². The number of benzene rings is 2. The Morgan fingerprint density at radius 3 is 2.69 bits per heavy atom. The van der Waals surface area contributed by atoms with Crippen LogP contribution in [-0.4, -0.2) is 33.2 Å². The highest BCUT2D eigenvalue weighted by molar-refractivity contribution is 6.21. The molecular weight excluding hydrogens is 375 g/mol. The Morgan fingerprint density at radius 2 is 1.90 bits per heavy atom. The lowest BCUT2D eigenvalue weighted by Gasteiger charge is -2.23. The Bertz CT molecular complexity index is 1150. The van der Waals surface area contributed by atoms with Crippen molar-refractivity contribution in [1.82, 2.24) is 4.90 Å². The summed E-state index contributed by atoms with van der Waals surface area (Å²) in [5, 5.41) is 0. The molecule has 0 saturated carbocycles. The normalized spacial score (nSPS) is 18.0. The van der Waals surface area contributed by atoms with E-state index < -0.39 is 18.0 Å². The Labute approximate surface area is 165 Å². The van der Waals surface area contributed by atoms with Gasteiger partial charge < -0.3 is 9.15 Å². The molecule has 2 aliphatic rings. The maximum absolute atomic E-state index is 13.7. The first-order valence-corrected chi connectivity index (χ1v) is 9.14. The number of furan rings is 1. The number of nitrogens with zero attached hydrogens (tertiary/aromatic N) is 2. The van der Waals surface area contributed by atoms with E-state index in [0.717, 1.165) is 4.90 Å². The summed E-state index contributed by atoms with van der Waals surface area (Å²) in [5.74, 6) is 0.183. The minimum absolute atomic E-state index is 0.00615. The van der Waals surface area contributed by atoms with Gasteiger partial charge in [-0.05, 0) is 42.0 Å². The first kappa shape index (κ1) is 17.4. The number of imide groups is 1. The Kier molecular flexibility index (Phi) is 4.01. The van der Waals surface area contributed by atoms with Crippen LogP contribution in [0.25, 0.3) is 0 Å². The van der Waals surface area contributed by atoms with E-state index >= 15 is 0 Å². The van der Waals surface area contributed by atoms with Crippen molar-refractivity contribution < 1.29 is 27.7 Å². The van der Waals surface area contributed by atoms with Gasteiger partial charge >= 0.3 is 11.9 Å². The van der Waals surface area contributed by atoms with Gasteiger partial charge in [0.25, 0.3) is 6.10 Å². The molecule has 0 spiro atoms. The molecule has 1 aromatic heterocycles. The number of rotatable bonds is 4. The molecule has 1 atom stereocenters. The van der Waals surface area contributed by atoms with Gasteiger partial charge in [0.05, 0.1) is 11.8 Å². The lowest BCUT2D eigenvalue weighted by molar-refractivity contribution is -0.457. The van der Waals surface area contributed by atoms with Crippen LogP contribution < -0.4 is 4.74 Å². The quantitative estimate of drug-likeness (QED) is 0.640. The van der Waals surface area contributed by atoms with E-state index in [-0.39, 0.29) is 18.9 Å². The zero-order chi connectivity index (χ0) is 20.0. The van der Waals surface area contributed by atoms with Crippen molar-refractivity contribution in [3.8, 4) is 5.75 Å². The monoisotopic (exact) mass is 391 g/mol. The Balaban J connectivity index is 1.62. The van der Waals surface area contributed by atoms with Crippen molar-refractivity contribution in [2.24, 2.45) is 0 Å². The summed E-state index contributed by atoms with van der Waals surface area (Å²) in [7, 11) is 0. The number of para-hydroxylation sites is 1. The van der Waals surface area contributed by atoms with Crippen LogP contribution in [0.4, 0.5) is 9.18 Å². The number of carbonyl (C=O) groups excluding carboxylic acids is 2. The van der Waals surface area contributed by atoms with E-state index in [4.69, 9.17) is 9.15 Å². The summed E-state index contributed by atoms with van der Waals surface area (Å²) >= 11 is 0. The highest BCUT2D eigenvalue weighted by atomic mass is 19.1. The van der Waals surface area contributed by atoms with Crippen LogP contribution in [0.2, 0.25) is 0 Å². The molecule has 0 fully saturated rings. The molecule has 3 amide bonds. The van der Waals surface area contributed by atoms with Crippen LogP contribution in [0.15, 0.2) is 71.3 Å². The van der Waals surface area contributed by atoms with Gasteiger partial charge in [-0.25, -0.2) is 9.18 Å². The van der Waals surface area contributed by atoms with Gasteiger partial charge in [0.1, 0.15) is 23.9 Å². The second-order valence-electron chi connectivity index (χ2n) is 6.88. The van der Waals surface area contributed by atoms with Gasteiger partial charge in [-0.1, -0.05) is 24.3 Å². The molecule has 5 rings (SSSR count). The maximum Gasteiger partial charge on any atom is 0.501 e. The van der Waals surface area contributed by atoms with Crippen LogP contribution in [-0.2, 0) is 17.9 Å². The summed E-state index contributed by atoms with van der Waals surface area (Å²) in [5.41, 5.74) is 1.78. The van der Waals surface area contributed by atoms with E-state index in [0.29, 0.717) is 28.3 Å². The fourth-order valence-corrected chi connectivity index (χ4v) is 3.72. The van der Waals surface area contributed by atoms with Gasteiger partial charge in [0.2, 0.25) is 0 Å². The Morgan fingerprint density at radius 1 is 1.03 bits per heavy atom. The predicted molar refractivity (Wildman–Crippen MR) is 100.0 cm³/mol. The molecule has 0 saturated heterocycles. The minimum atomic E-state index is -0.936. The number of amides is 3. The lowest BCUT2D eigenvalue weighted by Crippen LogP contribution is -2.57. The zero-order valence-corrected chi connectivity index (χ0v) is 15.2. The second-order valence-corrected chi connectivity index (χ2v) is 6.88. The van der Waals surface area contributed by atoms with Gasteiger partial charge in [0, 0.05) is 0 Å². The number of ether oxygens (including phenoxy) is 1. The number of hydrogen-bond acceptors (Lipinski definition) is 4. The third-order valence-electron chi connectivity index (χ3n) is 5.02. The van der Waals surface area contributed by atoms with Crippen molar-refractivity contribution in [1.29, 1.82) is 0 Å². The van der Waals surface area contributed by atoms with Crippen LogP contribution >= 0.6 is 0 Å². The molecule has 0 N–H and O–H groups in total. The Hall–Kier alpha value is -3.74. The van der Waals surface area contributed by atoms with E-state index in [1.54, 1.807) is 36.4 Å². The largest absolute Gasteiger partial charge is 0.501 e. The molecule has 0 aliphatic carbocycles. The minimum Gasteiger partial charge on any atom is -0.469 e. The molecule has 144 valence electrons. The average Bonchev–Trinajstić information content (AvgIpc) is 3.36. The van der Waals surface area contributed by atoms with Crippen molar-refractivity contribution in [2.75, 3.05) is 0 Å². The van der Waals surface area contributed by atoms with Gasteiger partial charge in [-0.15, -0.1) is 4.90 Å². The first-order chi connectivity index (χ1) is 14.1. The SMILES string of the molecule is O=C1C2Oc3ccccc3C2=[N+](Cc2cccc(F)c2)C(=O)N1Cc1ccco1. The maximum atomic E-state index is 13.7. The first-order valence-electron chi connectivity index (χ1n) is 9.14. The molecule has 7 heteroatoms. The highest BCUT2D eigenvalue weighted by Crippen LogP contribution is 2.33. The molecule has 0 radical (unpaired) electrons. The topological polar surface area (TPSA) is 62.8 Å². The summed E-state index contributed by atoms with van der Waals surface area (Å²) in [4.78, 5) is 27.5. The standard InChI is InChI=1S/C22H16FN2O4/c23-15-6-3-5-14(11-15)12-24-19-17-8-1-2-9-18(17)29-20(19)21(26)25(22(24)27)13-16-7-4-10-28-16/h1-11,20H,12-13H2/q+1. The molecular formula is C22H16FN2O4+. The summed E-state index contributed by atoms with van der Waals surface area (Å²) < 4.78 is 26.4. The van der Waals surface area contributed by atoms with Crippen LogP contribution in [0.5, 0.6) is 5.75 Å². The fraction of sp³-hybridized carbons (Fsp3) is 0.136. The van der Waals surface area contributed by atoms with E-state index in [1.807, 2.05) is 12.1 Å². The smallest absolute Gasteiger partial charge is 0.469 e. The number of hydrogen-bond donors (Lipinski definition) is 0. The zero-order valence-electron chi connectivity index (χ0n) is 15.2. The molecule has 3 heterocycles. The molecule has 0 bridgehead atoms. The molecule has 2 aliphatic heterocycles. The third kappa shape index (κ3) is 2.91. The predicted octanol–water partition coefficient (Wildman–Crippen LogP) is 3.34. The number of fused-ring (bicyclic) bond motifs is 3. The van der Waals surface area contributed by atoms with E-state index in [2.05, 4.69) is 0 Å². The number of carbonyl (C=O) groups is 2. The molecule has 6 nitrogen and oxygen atoms in total. The highest BCUT2D eigenvalue weighted by Gasteiger charge is 2.53. The molecule has 2 aromatic carbocycles.